The van der Waals surface area contributed by atoms with Crippen molar-refractivity contribution >= 4 is 31.7 Å². The molecule has 0 bridgehead atoms. The van der Waals surface area contributed by atoms with Crippen LogP contribution in [0.1, 0.15) is 36.0 Å². The van der Waals surface area contributed by atoms with Crippen LogP contribution in [0.25, 0.3) is 0 Å². The number of nitrogens with zero attached hydrogens (tertiary/aromatic N) is 1. The summed E-state index contributed by atoms with van der Waals surface area (Å²) in [7, 11) is -3.68. The number of amides is 1. The maximum atomic E-state index is 12.5. The van der Waals surface area contributed by atoms with Crippen LogP contribution >= 0.6 is 15.9 Å². The molecule has 0 radical (unpaired) electrons. The fourth-order valence-corrected chi connectivity index (χ4v) is 4.19. The molecule has 126 valence electrons. The monoisotopic (exact) mass is 408 g/mol. The van der Waals surface area contributed by atoms with E-state index in [4.69, 9.17) is 0 Å². The van der Waals surface area contributed by atoms with Crippen molar-refractivity contribution in [3.8, 4) is 0 Å². The summed E-state index contributed by atoms with van der Waals surface area (Å²) in [5, 5.41) is 2.89. The number of pyridine rings is 1. The van der Waals surface area contributed by atoms with Gasteiger partial charge in [0.1, 0.15) is 0 Å². The van der Waals surface area contributed by atoms with Crippen LogP contribution in [0.5, 0.6) is 0 Å². The Labute approximate surface area is 149 Å². The van der Waals surface area contributed by atoms with Gasteiger partial charge < -0.3 is 5.32 Å². The first-order valence-corrected chi connectivity index (χ1v) is 10.0. The van der Waals surface area contributed by atoms with Gasteiger partial charge in [0.2, 0.25) is 9.84 Å². The zero-order valence-electron chi connectivity index (χ0n) is 12.9. The van der Waals surface area contributed by atoms with Crippen molar-refractivity contribution in [3.05, 3.63) is 52.6 Å². The van der Waals surface area contributed by atoms with Crippen molar-refractivity contribution in [2.24, 2.45) is 0 Å². The van der Waals surface area contributed by atoms with E-state index in [1.807, 2.05) is 0 Å². The smallest absolute Gasteiger partial charge is 0.253 e. The Balaban J connectivity index is 1.78. The number of nitrogens with one attached hydrogen (secondary N) is 1. The molecule has 1 saturated carbocycles. The highest BCUT2D eigenvalue weighted by Crippen LogP contribution is 2.22. The van der Waals surface area contributed by atoms with E-state index in [-0.39, 0.29) is 21.9 Å². The number of carbonyl (C=O) groups is 1. The average Bonchev–Trinajstić information content (AvgIpc) is 3.08. The van der Waals surface area contributed by atoms with Crippen LogP contribution in [-0.4, -0.2) is 25.4 Å². The molecule has 0 atom stereocenters. The van der Waals surface area contributed by atoms with E-state index in [0.717, 1.165) is 30.2 Å². The summed E-state index contributed by atoms with van der Waals surface area (Å²) in [6.45, 7) is 0. The topological polar surface area (TPSA) is 76.1 Å². The Morgan fingerprint density at radius 2 is 1.75 bits per heavy atom. The first-order valence-electron chi connectivity index (χ1n) is 7.74. The summed E-state index contributed by atoms with van der Waals surface area (Å²) in [6.07, 6.45) is 5.57. The Bertz CT molecular complexity index is 827. The molecule has 1 aliphatic rings. The highest BCUT2D eigenvalue weighted by atomic mass is 79.9. The van der Waals surface area contributed by atoms with Crippen LogP contribution in [0.15, 0.2) is 57.0 Å². The van der Waals surface area contributed by atoms with E-state index < -0.39 is 9.84 Å². The average molecular weight is 409 g/mol. The number of halogens is 1. The predicted octanol–water partition coefficient (Wildman–Crippen LogP) is 3.35. The molecule has 1 aromatic carbocycles. The molecule has 0 saturated heterocycles. The lowest BCUT2D eigenvalue weighted by Crippen LogP contribution is -2.32. The van der Waals surface area contributed by atoms with Crippen LogP contribution in [0.4, 0.5) is 0 Å². The second-order valence-corrected chi connectivity index (χ2v) is 8.61. The van der Waals surface area contributed by atoms with Crippen LogP contribution in [0.2, 0.25) is 0 Å². The molecule has 7 heteroatoms. The zero-order chi connectivity index (χ0) is 17.2. The second-order valence-electron chi connectivity index (χ2n) is 5.80. The van der Waals surface area contributed by atoms with E-state index in [0.29, 0.717) is 5.56 Å². The van der Waals surface area contributed by atoms with Gasteiger partial charge in [0.25, 0.3) is 5.91 Å². The minimum atomic E-state index is -3.68. The Kier molecular flexibility index (Phi) is 5.01. The number of benzene rings is 1. The van der Waals surface area contributed by atoms with Crippen molar-refractivity contribution in [2.45, 2.75) is 41.6 Å². The third-order valence-corrected chi connectivity index (χ3v) is 6.30. The van der Waals surface area contributed by atoms with Crippen LogP contribution in [0, 0.1) is 0 Å². The maximum absolute atomic E-state index is 12.5. The van der Waals surface area contributed by atoms with E-state index in [2.05, 4.69) is 26.2 Å². The number of hydrogen-bond donors (Lipinski definition) is 1. The molecule has 0 spiro atoms. The van der Waals surface area contributed by atoms with Crippen molar-refractivity contribution in [2.75, 3.05) is 0 Å². The van der Waals surface area contributed by atoms with E-state index >= 15 is 0 Å². The molecule has 1 aliphatic carbocycles. The summed E-state index contributed by atoms with van der Waals surface area (Å²) in [5.41, 5.74) is 0.372. The third-order valence-electron chi connectivity index (χ3n) is 4.09. The molecular weight excluding hydrogens is 392 g/mol. The van der Waals surface area contributed by atoms with Gasteiger partial charge in [-0.2, -0.15) is 0 Å². The zero-order valence-corrected chi connectivity index (χ0v) is 15.3. The van der Waals surface area contributed by atoms with Gasteiger partial charge in [0, 0.05) is 16.7 Å². The Morgan fingerprint density at radius 1 is 1.08 bits per heavy atom. The van der Waals surface area contributed by atoms with Gasteiger partial charge in [-0.15, -0.1) is 0 Å². The van der Waals surface area contributed by atoms with Crippen LogP contribution < -0.4 is 5.32 Å². The Hall–Kier alpha value is -1.73. The minimum Gasteiger partial charge on any atom is -0.349 e. The first kappa shape index (κ1) is 17.1. The van der Waals surface area contributed by atoms with Gasteiger partial charge >= 0.3 is 0 Å². The van der Waals surface area contributed by atoms with Gasteiger partial charge in [-0.1, -0.05) is 28.8 Å². The second kappa shape index (κ2) is 7.03. The van der Waals surface area contributed by atoms with Crippen molar-refractivity contribution < 1.29 is 13.2 Å². The van der Waals surface area contributed by atoms with Crippen LogP contribution in [0.3, 0.4) is 0 Å². The van der Waals surface area contributed by atoms with Gasteiger partial charge in [0.15, 0.2) is 5.03 Å². The summed E-state index contributed by atoms with van der Waals surface area (Å²) in [5.74, 6) is -0.206. The predicted molar refractivity (Wildman–Crippen MR) is 93.6 cm³/mol. The standard InChI is InChI=1S/C17H17BrN2O3S/c18-13-6-8-15(9-7-13)24(22,23)16-10-5-12(11-19-16)17(21)20-14-3-1-2-4-14/h5-11,14H,1-4H2,(H,20,21). The van der Waals surface area contributed by atoms with E-state index in [9.17, 15) is 13.2 Å². The molecule has 0 aliphatic heterocycles. The molecule has 2 aromatic rings. The number of carbonyl (C=O) groups excluding carboxylic acids is 1. The minimum absolute atomic E-state index is 0.0674. The molecule has 1 amide bonds. The lowest BCUT2D eigenvalue weighted by molar-refractivity contribution is 0.0937. The summed E-state index contributed by atoms with van der Waals surface area (Å²) in [4.78, 5) is 16.3. The van der Waals surface area contributed by atoms with Crippen molar-refractivity contribution in [1.29, 1.82) is 0 Å². The van der Waals surface area contributed by atoms with Crippen LogP contribution in [-0.2, 0) is 9.84 Å². The molecule has 0 unspecified atom stereocenters. The lowest BCUT2D eigenvalue weighted by atomic mass is 10.2. The highest BCUT2D eigenvalue weighted by molar-refractivity contribution is 9.10. The Morgan fingerprint density at radius 3 is 2.33 bits per heavy atom. The molecule has 1 heterocycles. The van der Waals surface area contributed by atoms with E-state index in [1.165, 1.54) is 30.5 Å². The fraction of sp³-hybridized carbons (Fsp3) is 0.294. The van der Waals surface area contributed by atoms with Gasteiger partial charge in [-0.25, -0.2) is 13.4 Å². The van der Waals surface area contributed by atoms with Gasteiger partial charge in [-0.3, -0.25) is 4.79 Å². The molecule has 1 aromatic heterocycles. The lowest BCUT2D eigenvalue weighted by Gasteiger charge is -2.11. The number of aromatic nitrogens is 1. The summed E-state index contributed by atoms with van der Waals surface area (Å²) >= 11 is 3.27. The van der Waals surface area contributed by atoms with Gasteiger partial charge in [0.05, 0.1) is 10.5 Å². The quantitative estimate of drug-likeness (QED) is 0.841. The molecule has 5 nitrogen and oxygen atoms in total. The SMILES string of the molecule is O=C(NC1CCCC1)c1ccc(S(=O)(=O)c2ccc(Br)cc2)nc1. The molecule has 24 heavy (non-hydrogen) atoms. The van der Waals surface area contributed by atoms with E-state index in [1.54, 1.807) is 12.1 Å². The molecule has 3 rings (SSSR count). The summed E-state index contributed by atoms with van der Waals surface area (Å²) < 4.78 is 25.9. The highest BCUT2D eigenvalue weighted by Gasteiger charge is 2.21. The third kappa shape index (κ3) is 3.67. The largest absolute Gasteiger partial charge is 0.349 e. The number of hydrogen-bond acceptors (Lipinski definition) is 4. The summed E-state index contributed by atoms with van der Waals surface area (Å²) in [6, 6.07) is 9.45. The number of sulfone groups is 1. The maximum Gasteiger partial charge on any atom is 0.253 e. The molecule has 1 N–H and O–H groups in total. The normalized spacial score (nSPS) is 15.4. The van der Waals surface area contributed by atoms with Gasteiger partial charge in [-0.05, 0) is 49.2 Å². The fourth-order valence-electron chi connectivity index (χ4n) is 2.75. The van der Waals surface area contributed by atoms with Crippen molar-refractivity contribution in [1.82, 2.24) is 10.3 Å². The van der Waals surface area contributed by atoms with Crippen molar-refractivity contribution in [3.63, 3.8) is 0 Å². The first-order chi connectivity index (χ1) is 11.5. The number of rotatable bonds is 4. The molecule has 1 fully saturated rings. The molecular formula is C17H17BrN2O3S.